The van der Waals surface area contributed by atoms with E-state index in [9.17, 15) is 5.11 Å². The van der Waals surface area contributed by atoms with Gasteiger partial charge in [-0.25, -0.2) is 0 Å². The molecule has 0 aromatic rings. The molecule has 0 aromatic heterocycles. The molecule has 2 heteroatoms. The molecule has 0 radical (unpaired) electrons. The van der Waals surface area contributed by atoms with E-state index in [2.05, 4.69) is 6.92 Å². The first-order valence-electron chi connectivity index (χ1n) is 3.89. The topological polar surface area (TPSA) is 29.5 Å². The summed E-state index contributed by atoms with van der Waals surface area (Å²) >= 11 is 0. The van der Waals surface area contributed by atoms with Crippen LogP contribution in [0, 0.1) is 5.92 Å². The van der Waals surface area contributed by atoms with Gasteiger partial charge in [-0.1, -0.05) is 13.3 Å². The first-order chi connectivity index (χ1) is 4.72. The molecule has 0 aliphatic heterocycles. The third kappa shape index (κ3) is 3.85. The molecule has 0 aromatic carbocycles. The van der Waals surface area contributed by atoms with E-state index < -0.39 is 0 Å². The quantitative estimate of drug-likeness (QED) is 0.635. The second-order valence-corrected chi connectivity index (χ2v) is 2.69. The minimum absolute atomic E-state index is 0.194. The summed E-state index contributed by atoms with van der Waals surface area (Å²) in [5.41, 5.74) is 0. The summed E-state index contributed by atoms with van der Waals surface area (Å²) < 4.78 is 4.91. The standard InChI is InChI=1S/C8H18O2/c1-4-8(7(2)9)5-6-10-3/h7-9H,4-6H2,1-3H3. The van der Waals surface area contributed by atoms with Crippen LogP contribution in [-0.4, -0.2) is 24.9 Å². The normalized spacial score (nSPS) is 16.8. The van der Waals surface area contributed by atoms with Gasteiger partial charge < -0.3 is 9.84 Å². The Hall–Kier alpha value is -0.0800. The van der Waals surface area contributed by atoms with Crippen LogP contribution in [-0.2, 0) is 4.74 Å². The first kappa shape index (κ1) is 9.92. The zero-order valence-corrected chi connectivity index (χ0v) is 7.13. The maximum atomic E-state index is 9.18. The van der Waals surface area contributed by atoms with E-state index in [1.54, 1.807) is 7.11 Å². The third-order valence-corrected chi connectivity index (χ3v) is 1.90. The van der Waals surface area contributed by atoms with Crippen LogP contribution in [0.15, 0.2) is 0 Å². The molecule has 1 N–H and O–H groups in total. The molecule has 2 unspecified atom stereocenters. The molecule has 0 aliphatic carbocycles. The molecule has 0 fully saturated rings. The van der Waals surface area contributed by atoms with Gasteiger partial charge in [-0.2, -0.15) is 0 Å². The van der Waals surface area contributed by atoms with Crippen molar-refractivity contribution in [1.29, 1.82) is 0 Å². The van der Waals surface area contributed by atoms with Crippen LogP contribution in [0.2, 0.25) is 0 Å². The van der Waals surface area contributed by atoms with Crippen LogP contribution >= 0.6 is 0 Å². The first-order valence-corrected chi connectivity index (χ1v) is 3.89. The van der Waals surface area contributed by atoms with Crippen LogP contribution in [0.3, 0.4) is 0 Å². The fourth-order valence-electron chi connectivity index (χ4n) is 1.06. The molecule has 2 nitrogen and oxygen atoms in total. The van der Waals surface area contributed by atoms with Crippen molar-refractivity contribution in [3.63, 3.8) is 0 Å². The van der Waals surface area contributed by atoms with E-state index in [4.69, 9.17) is 4.74 Å². The lowest BCUT2D eigenvalue weighted by molar-refractivity contribution is 0.0908. The van der Waals surface area contributed by atoms with Gasteiger partial charge in [0.2, 0.25) is 0 Å². The van der Waals surface area contributed by atoms with Gasteiger partial charge in [0, 0.05) is 13.7 Å². The Kier molecular flexibility index (Phi) is 5.64. The smallest absolute Gasteiger partial charge is 0.0541 e. The summed E-state index contributed by atoms with van der Waals surface area (Å²) in [7, 11) is 1.69. The molecule has 2 atom stereocenters. The van der Waals surface area contributed by atoms with Crippen LogP contribution in [0.1, 0.15) is 26.7 Å². The number of aliphatic hydroxyl groups excluding tert-OH is 1. The number of ether oxygens (including phenoxy) is 1. The zero-order chi connectivity index (χ0) is 7.98. The van der Waals surface area contributed by atoms with Crippen molar-refractivity contribution < 1.29 is 9.84 Å². The van der Waals surface area contributed by atoms with E-state index >= 15 is 0 Å². The predicted octanol–water partition coefficient (Wildman–Crippen LogP) is 1.43. The highest BCUT2D eigenvalue weighted by atomic mass is 16.5. The van der Waals surface area contributed by atoms with Crippen molar-refractivity contribution in [2.45, 2.75) is 32.8 Å². The monoisotopic (exact) mass is 146 g/mol. The Morgan fingerprint density at radius 3 is 2.40 bits per heavy atom. The van der Waals surface area contributed by atoms with E-state index in [1.165, 1.54) is 0 Å². The number of hydrogen-bond acceptors (Lipinski definition) is 2. The Morgan fingerprint density at radius 1 is 1.50 bits per heavy atom. The minimum Gasteiger partial charge on any atom is -0.393 e. The van der Waals surface area contributed by atoms with Crippen molar-refractivity contribution in [3.8, 4) is 0 Å². The molecule has 0 rings (SSSR count). The third-order valence-electron chi connectivity index (χ3n) is 1.90. The van der Waals surface area contributed by atoms with Crippen LogP contribution in [0.5, 0.6) is 0 Å². The highest BCUT2D eigenvalue weighted by Crippen LogP contribution is 2.12. The zero-order valence-electron chi connectivity index (χ0n) is 7.13. The van der Waals surface area contributed by atoms with Crippen molar-refractivity contribution >= 4 is 0 Å². The highest BCUT2D eigenvalue weighted by Gasteiger charge is 2.11. The van der Waals surface area contributed by atoms with Gasteiger partial charge in [0.1, 0.15) is 0 Å². The summed E-state index contributed by atoms with van der Waals surface area (Å²) in [6, 6.07) is 0. The van der Waals surface area contributed by atoms with Crippen LogP contribution in [0.4, 0.5) is 0 Å². The lowest BCUT2D eigenvalue weighted by Crippen LogP contribution is -2.17. The molecule has 62 valence electrons. The number of aliphatic hydroxyl groups is 1. The maximum absolute atomic E-state index is 9.18. The molecule has 0 amide bonds. The summed E-state index contributed by atoms with van der Waals surface area (Å²) in [5, 5.41) is 9.18. The van der Waals surface area contributed by atoms with Gasteiger partial charge in [-0.3, -0.25) is 0 Å². The van der Waals surface area contributed by atoms with Gasteiger partial charge in [0.15, 0.2) is 0 Å². The van der Waals surface area contributed by atoms with Crippen molar-refractivity contribution in [2.24, 2.45) is 5.92 Å². The van der Waals surface area contributed by atoms with Crippen molar-refractivity contribution in [2.75, 3.05) is 13.7 Å². The molecule has 0 aliphatic rings. The minimum atomic E-state index is -0.194. The van der Waals surface area contributed by atoms with Gasteiger partial charge in [0.05, 0.1) is 6.10 Å². The van der Waals surface area contributed by atoms with E-state index in [-0.39, 0.29) is 6.10 Å². The van der Waals surface area contributed by atoms with E-state index in [1.807, 2.05) is 6.92 Å². The molecular weight excluding hydrogens is 128 g/mol. The Bertz CT molecular complexity index is 71.7. The summed E-state index contributed by atoms with van der Waals surface area (Å²) in [6.07, 6.45) is 1.80. The summed E-state index contributed by atoms with van der Waals surface area (Å²) in [5.74, 6) is 0.403. The molecular formula is C8H18O2. The lowest BCUT2D eigenvalue weighted by Gasteiger charge is -2.16. The molecule has 0 saturated heterocycles. The van der Waals surface area contributed by atoms with Gasteiger partial charge >= 0.3 is 0 Å². The van der Waals surface area contributed by atoms with E-state index in [0.717, 1.165) is 19.4 Å². The average molecular weight is 146 g/mol. The van der Waals surface area contributed by atoms with Crippen LogP contribution < -0.4 is 0 Å². The molecule has 0 bridgehead atoms. The van der Waals surface area contributed by atoms with E-state index in [0.29, 0.717) is 5.92 Å². The van der Waals surface area contributed by atoms with Gasteiger partial charge in [-0.05, 0) is 19.3 Å². The highest BCUT2D eigenvalue weighted by molar-refractivity contribution is 4.61. The molecule has 0 saturated carbocycles. The Labute approximate surface area is 63.2 Å². The molecule has 0 heterocycles. The van der Waals surface area contributed by atoms with Gasteiger partial charge in [-0.15, -0.1) is 0 Å². The molecule has 10 heavy (non-hydrogen) atoms. The maximum Gasteiger partial charge on any atom is 0.0541 e. The largest absolute Gasteiger partial charge is 0.393 e. The fraction of sp³-hybridized carbons (Fsp3) is 1.00. The summed E-state index contributed by atoms with van der Waals surface area (Å²) in [6.45, 7) is 4.68. The number of methoxy groups -OCH3 is 1. The Morgan fingerprint density at radius 2 is 2.10 bits per heavy atom. The second kappa shape index (κ2) is 5.69. The Balaban J connectivity index is 3.40. The lowest BCUT2D eigenvalue weighted by atomic mass is 9.97. The van der Waals surface area contributed by atoms with Crippen molar-refractivity contribution in [3.05, 3.63) is 0 Å². The SMILES string of the molecule is CCC(CCOC)C(C)O. The number of hydrogen-bond donors (Lipinski definition) is 1. The number of rotatable bonds is 5. The van der Waals surface area contributed by atoms with Crippen LogP contribution in [0.25, 0.3) is 0 Å². The fourth-order valence-corrected chi connectivity index (χ4v) is 1.06. The predicted molar refractivity (Wildman–Crippen MR) is 42.0 cm³/mol. The average Bonchev–Trinajstić information content (AvgIpc) is 1.89. The van der Waals surface area contributed by atoms with Crippen molar-refractivity contribution in [1.82, 2.24) is 0 Å². The van der Waals surface area contributed by atoms with Gasteiger partial charge in [0.25, 0.3) is 0 Å². The summed E-state index contributed by atoms with van der Waals surface area (Å²) in [4.78, 5) is 0. The molecule has 0 spiro atoms. The second-order valence-electron chi connectivity index (χ2n) is 2.69.